The number of aryl methyl sites for hydroxylation is 1. The standard InChI is InChI=1S/C7H9NO2P/c1-6-2-4-7(5-3-6)10-11(8)9/h2-5H,1H3,(H2,8,9)/q+1. The molecule has 3 nitrogen and oxygen atoms in total. The van der Waals surface area contributed by atoms with Gasteiger partial charge in [0.05, 0.1) is 0 Å². The molecule has 58 valence electrons. The van der Waals surface area contributed by atoms with E-state index in [9.17, 15) is 4.57 Å². The van der Waals surface area contributed by atoms with Gasteiger partial charge in [0.2, 0.25) is 0 Å². The van der Waals surface area contributed by atoms with Gasteiger partial charge in [-0.3, -0.25) is 0 Å². The fourth-order valence-electron chi connectivity index (χ4n) is 0.703. The largest absolute Gasteiger partial charge is 0.660 e. The van der Waals surface area contributed by atoms with E-state index < -0.39 is 8.18 Å². The van der Waals surface area contributed by atoms with Gasteiger partial charge in [-0.25, -0.2) is 4.52 Å². The highest BCUT2D eigenvalue weighted by Crippen LogP contribution is 2.19. The summed E-state index contributed by atoms with van der Waals surface area (Å²) in [4.78, 5) is 0. The van der Waals surface area contributed by atoms with Crippen molar-refractivity contribution in [1.82, 2.24) is 0 Å². The summed E-state index contributed by atoms with van der Waals surface area (Å²) in [5.41, 5.74) is 6.08. The van der Waals surface area contributed by atoms with Gasteiger partial charge in [-0.1, -0.05) is 23.2 Å². The number of hydrogen-bond donors (Lipinski definition) is 1. The van der Waals surface area contributed by atoms with Crippen LogP contribution >= 0.6 is 8.18 Å². The molecule has 0 heterocycles. The molecule has 0 aliphatic rings. The van der Waals surface area contributed by atoms with Crippen molar-refractivity contribution >= 4 is 8.18 Å². The molecular weight excluding hydrogens is 161 g/mol. The second kappa shape index (κ2) is 3.46. The predicted octanol–water partition coefficient (Wildman–Crippen LogP) is 1.99. The van der Waals surface area contributed by atoms with Crippen molar-refractivity contribution in [3.8, 4) is 5.75 Å². The molecule has 1 unspecified atom stereocenters. The molecule has 2 N–H and O–H groups in total. The van der Waals surface area contributed by atoms with E-state index in [4.69, 9.17) is 10.0 Å². The Morgan fingerprint density at radius 2 is 1.91 bits per heavy atom. The van der Waals surface area contributed by atoms with Crippen molar-refractivity contribution in [2.75, 3.05) is 0 Å². The Morgan fingerprint density at radius 3 is 2.36 bits per heavy atom. The van der Waals surface area contributed by atoms with E-state index in [-0.39, 0.29) is 0 Å². The molecule has 0 amide bonds. The van der Waals surface area contributed by atoms with Crippen molar-refractivity contribution in [1.29, 1.82) is 0 Å². The molecule has 0 fully saturated rings. The maximum Gasteiger partial charge on any atom is 0.660 e. The number of rotatable bonds is 2. The van der Waals surface area contributed by atoms with E-state index in [1.807, 2.05) is 19.1 Å². The third-order valence-electron chi connectivity index (χ3n) is 1.22. The van der Waals surface area contributed by atoms with Crippen LogP contribution in [0.15, 0.2) is 24.3 Å². The summed E-state index contributed by atoms with van der Waals surface area (Å²) < 4.78 is 15.2. The first-order chi connectivity index (χ1) is 5.18. The van der Waals surface area contributed by atoms with Crippen LogP contribution in [0.3, 0.4) is 0 Å². The summed E-state index contributed by atoms with van der Waals surface area (Å²) in [7, 11) is -2.04. The highest BCUT2D eigenvalue weighted by Gasteiger charge is 2.09. The molecule has 0 aromatic heterocycles. The average molecular weight is 170 g/mol. The summed E-state index contributed by atoms with van der Waals surface area (Å²) in [6, 6.07) is 7.20. The van der Waals surface area contributed by atoms with Crippen LogP contribution in [0.5, 0.6) is 5.75 Å². The zero-order valence-corrected chi connectivity index (χ0v) is 7.04. The van der Waals surface area contributed by atoms with Crippen LogP contribution in [0.1, 0.15) is 5.56 Å². The maximum absolute atomic E-state index is 10.4. The zero-order valence-electron chi connectivity index (χ0n) is 6.15. The fourth-order valence-corrected chi connectivity index (χ4v) is 1.03. The van der Waals surface area contributed by atoms with Gasteiger partial charge < -0.3 is 0 Å². The van der Waals surface area contributed by atoms with Crippen molar-refractivity contribution in [2.45, 2.75) is 6.92 Å². The van der Waals surface area contributed by atoms with E-state index in [0.29, 0.717) is 5.75 Å². The molecule has 1 aromatic rings. The molecule has 0 aliphatic carbocycles. The highest BCUT2D eigenvalue weighted by molar-refractivity contribution is 7.36. The summed E-state index contributed by atoms with van der Waals surface area (Å²) in [5, 5.41) is 0. The molecule has 0 spiro atoms. The van der Waals surface area contributed by atoms with E-state index in [2.05, 4.69) is 0 Å². The minimum absolute atomic E-state index is 0.541. The lowest BCUT2D eigenvalue weighted by Crippen LogP contribution is -1.87. The van der Waals surface area contributed by atoms with Gasteiger partial charge in [0, 0.05) is 4.57 Å². The lowest BCUT2D eigenvalue weighted by Gasteiger charge is -1.91. The molecule has 0 saturated heterocycles. The third-order valence-corrected chi connectivity index (χ3v) is 1.61. The second-order valence-electron chi connectivity index (χ2n) is 2.19. The quantitative estimate of drug-likeness (QED) is 0.690. The minimum atomic E-state index is -2.04. The van der Waals surface area contributed by atoms with E-state index >= 15 is 0 Å². The van der Waals surface area contributed by atoms with Gasteiger partial charge in [0.1, 0.15) is 0 Å². The van der Waals surface area contributed by atoms with Gasteiger partial charge in [-0.05, 0) is 19.1 Å². The van der Waals surface area contributed by atoms with Crippen molar-refractivity contribution < 1.29 is 9.09 Å². The van der Waals surface area contributed by atoms with Gasteiger partial charge >= 0.3 is 8.18 Å². The molecular formula is C7H9NO2P+. The summed E-state index contributed by atoms with van der Waals surface area (Å²) in [6.07, 6.45) is 0. The van der Waals surface area contributed by atoms with Crippen LogP contribution in [0.4, 0.5) is 0 Å². The molecule has 0 aliphatic heterocycles. The van der Waals surface area contributed by atoms with Crippen molar-refractivity contribution in [2.24, 2.45) is 5.50 Å². The Morgan fingerprint density at radius 1 is 1.36 bits per heavy atom. The van der Waals surface area contributed by atoms with Gasteiger partial charge in [0.25, 0.3) is 0 Å². The Hall–Kier alpha value is -0.920. The lowest BCUT2D eigenvalue weighted by atomic mass is 10.2. The van der Waals surface area contributed by atoms with Gasteiger partial charge in [0.15, 0.2) is 5.75 Å². The minimum Gasteiger partial charge on any atom is -0.239 e. The number of benzene rings is 1. The number of hydrogen-bond acceptors (Lipinski definition) is 2. The van der Waals surface area contributed by atoms with Crippen LogP contribution in [0.2, 0.25) is 0 Å². The number of nitrogens with two attached hydrogens (primary N) is 1. The first kappa shape index (κ1) is 8.18. The average Bonchev–Trinajstić information content (AvgIpc) is 1.93. The molecule has 1 rings (SSSR count). The van der Waals surface area contributed by atoms with Crippen molar-refractivity contribution in [3.05, 3.63) is 29.8 Å². The van der Waals surface area contributed by atoms with Crippen LogP contribution in [0.25, 0.3) is 0 Å². The SMILES string of the molecule is Cc1ccc(O[P+](N)=O)cc1. The smallest absolute Gasteiger partial charge is 0.239 e. The lowest BCUT2D eigenvalue weighted by molar-refractivity contribution is 0.506. The van der Waals surface area contributed by atoms with E-state index in [1.54, 1.807) is 12.1 Å². The van der Waals surface area contributed by atoms with Gasteiger partial charge in [-0.15, -0.1) is 0 Å². The topological polar surface area (TPSA) is 52.3 Å². The highest BCUT2D eigenvalue weighted by atomic mass is 31.1. The summed E-state index contributed by atoms with van der Waals surface area (Å²) in [6.45, 7) is 1.96. The Kier molecular flexibility index (Phi) is 2.58. The first-order valence-electron chi connectivity index (χ1n) is 3.15. The summed E-state index contributed by atoms with van der Waals surface area (Å²) in [5.74, 6) is 0.541. The first-order valence-corrected chi connectivity index (χ1v) is 4.40. The van der Waals surface area contributed by atoms with Crippen LogP contribution in [0, 0.1) is 6.92 Å². The third kappa shape index (κ3) is 2.66. The Bertz CT molecular complexity index is 258. The second-order valence-corrected chi connectivity index (χ2v) is 2.94. The zero-order chi connectivity index (χ0) is 8.27. The molecule has 11 heavy (non-hydrogen) atoms. The van der Waals surface area contributed by atoms with E-state index in [1.165, 1.54) is 0 Å². The molecule has 0 radical (unpaired) electrons. The Balaban J connectivity index is 2.74. The van der Waals surface area contributed by atoms with Crippen LogP contribution < -0.4 is 10.0 Å². The van der Waals surface area contributed by atoms with Crippen LogP contribution in [-0.2, 0) is 4.57 Å². The van der Waals surface area contributed by atoms with E-state index in [0.717, 1.165) is 5.56 Å². The normalized spacial score (nSPS) is 10.9. The molecule has 0 bridgehead atoms. The monoisotopic (exact) mass is 170 g/mol. The molecule has 0 saturated carbocycles. The van der Waals surface area contributed by atoms with Crippen molar-refractivity contribution in [3.63, 3.8) is 0 Å². The molecule has 1 aromatic carbocycles. The molecule has 1 atom stereocenters. The van der Waals surface area contributed by atoms with Gasteiger partial charge in [-0.2, -0.15) is 0 Å². The predicted molar refractivity (Wildman–Crippen MR) is 43.6 cm³/mol. The maximum atomic E-state index is 10.4. The fraction of sp³-hybridized carbons (Fsp3) is 0.143. The summed E-state index contributed by atoms with van der Waals surface area (Å²) >= 11 is 0. The Labute approximate surface area is 66.1 Å². The molecule has 4 heteroatoms. The van der Waals surface area contributed by atoms with Crippen LogP contribution in [-0.4, -0.2) is 0 Å².